The van der Waals surface area contributed by atoms with Crippen LogP contribution in [0.25, 0.3) is 6.08 Å². The van der Waals surface area contributed by atoms with Crippen molar-refractivity contribution in [2.24, 2.45) is 0 Å². The molecule has 6 heteroatoms. The number of amides is 1. The summed E-state index contributed by atoms with van der Waals surface area (Å²) in [6.07, 6.45) is 7.85. The summed E-state index contributed by atoms with van der Waals surface area (Å²) in [5.74, 6) is 0.0294. The number of hydrogen-bond donors (Lipinski definition) is 0. The molecule has 0 radical (unpaired) electrons. The molecule has 0 N–H and O–H groups in total. The lowest BCUT2D eigenvalue weighted by Gasteiger charge is -2.18. The van der Waals surface area contributed by atoms with Gasteiger partial charge in [-0.25, -0.2) is 8.42 Å². The highest BCUT2D eigenvalue weighted by molar-refractivity contribution is 7.89. The Balaban J connectivity index is 2.05. The van der Waals surface area contributed by atoms with Gasteiger partial charge < -0.3 is 4.90 Å². The van der Waals surface area contributed by atoms with Gasteiger partial charge in [-0.15, -0.1) is 0 Å². The Morgan fingerprint density at radius 3 is 2.12 bits per heavy atom. The molecular formula is C19H28N2O3S. The molecule has 1 aliphatic heterocycles. The second-order valence-corrected chi connectivity index (χ2v) is 8.17. The van der Waals surface area contributed by atoms with Gasteiger partial charge in [-0.3, -0.25) is 4.79 Å². The van der Waals surface area contributed by atoms with E-state index >= 15 is 0 Å². The molecule has 0 unspecified atom stereocenters. The monoisotopic (exact) mass is 364 g/mol. The number of likely N-dealkylation sites (tertiary alicyclic amines) is 1. The molecule has 138 valence electrons. The number of sulfonamides is 1. The predicted molar refractivity (Wildman–Crippen MR) is 101 cm³/mol. The average Bonchev–Trinajstić information content (AvgIpc) is 2.90. The summed E-state index contributed by atoms with van der Waals surface area (Å²) in [6, 6.07) is 6.68. The van der Waals surface area contributed by atoms with E-state index in [1.54, 1.807) is 36.4 Å². The quantitative estimate of drug-likeness (QED) is 0.729. The van der Waals surface area contributed by atoms with Gasteiger partial charge in [0, 0.05) is 32.3 Å². The van der Waals surface area contributed by atoms with Crippen LogP contribution in [0.15, 0.2) is 35.2 Å². The lowest BCUT2D eigenvalue weighted by atomic mass is 10.2. The number of carbonyl (C=O) groups is 1. The van der Waals surface area contributed by atoms with Gasteiger partial charge >= 0.3 is 0 Å². The van der Waals surface area contributed by atoms with Crippen molar-refractivity contribution in [3.63, 3.8) is 0 Å². The third-order valence-electron chi connectivity index (χ3n) is 4.56. The second-order valence-electron chi connectivity index (χ2n) is 6.23. The molecule has 1 amide bonds. The van der Waals surface area contributed by atoms with E-state index < -0.39 is 10.0 Å². The SMILES string of the molecule is CCN(CC)S(=O)(=O)c1ccc(/C=C/C(=O)N2CCCCCC2)cc1. The highest BCUT2D eigenvalue weighted by atomic mass is 32.2. The molecule has 0 aromatic heterocycles. The number of hydrogen-bond acceptors (Lipinski definition) is 3. The van der Waals surface area contributed by atoms with Crippen LogP contribution in [0.5, 0.6) is 0 Å². The lowest BCUT2D eigenvalue weighted by molar-refractivity contribution is -0.125. The summed E-state index contributed by atoms with van der Waals surface area (Å²) in [5, 5.41) is 0. The van der Waals surface area contributed by atoms with Gasteiger partial charge in [-0.05, 0) is 36.6 Å². The van der Waals surface area contributed by atoms with Crippen molar-refractivity contribution in [3.05, 3.63) is 35.9 Å². The molecule has 1 aromatic carbocycles. The standard InChI is InChI=1S/C19H28N2O3S/c1-3-21(4-2)25(23,24)18-12-9-17(10-13-18)11-14-19(22)20-15-7-5-6-8-16-20/h9-14H,3-8,15-16H2,1-2H3/b14-11+. The molecule has 5 nitrogen and oxygen atoms in total. The van der Waals surface area contributed by atoms with E-state index in [1.807, 2.05) is 18.7 Å². The first-order valence-corrected chi connectivity index (χ1v) is 10.5. The molecule has 1 aromatic rings. The minimum Gasteiger partial charge on any atom is -0.339 e. The Labute approximate surface area is 151 Å². The van der Waals surface area contributed by atoms with Crippen molar-refractivity contribution in [2.45, 2.75) is 44.4 Å². The highest BCUT2D eigenvalue weighted by Gasteiger charge is 2.21. The minimum atomic E-state index is -3.44. The third kappa shape index (κ3) is 5.16. The van der Waals surface area contributed by atoms with Gasteiger partial charge in [0.05, 0.1) is 4.90 Å². The zero-order chi connectivity index (χ0) is 18.3. The molecule has 25 heavy (non-hydrogen) atoms. The van der Waals surface area contributed by atoms with Gasteiger partial charge in [0.15, 0.2) is 0 Å². The Morgan fingerprint density at radius 1 is 1.04 bits per heavy atom. The minimum absolute atomic E-state index is 0.0294. The molecule has 0 saturated carbocycles. The average molecular weight is 365 g/mol. The van der Waals surface area contributed by atoms with Gasteiger partial charge in [-0.2, -0.15) is 4.31 Å². The van der Waals surface area contributed by atoms with Crippen LogP contribution in [-0.2, 0) is 14.8 Å². The summed E-state index contributed by atoms with van der Waals surface area (Å²) in [4.78, 5) is 14.4. The highest BCUT2D eigenvalue weighted by Crippen LogP contribution is 2.17. The van der Waals surface area contributed by atoms with Crippen LogP contribution in [-0.4, -0.2) is 49.7 Å². The summed E-state index contributed by atoms with van der Waals surface area (Å²) in [5.41, 5.74) is 0.821. The zero-order valence-electron chi connectivity index (χ0n) is 15.1. The molecule has 1 aliphatic rings. The maximum absolute atomic E-state index is 12.5. The molecule has 1 saturated heterocycles. The van der Waals surface area contributed by atoms with E-state index in [0.29, 0.717) is 13.1 Å². The fraction of sp³-hybridized carbons (Fsp3) is 0.526. The van der Waals surface area contributed by atoms with E-state index in [2.05, 4.69) is 0 Å². The molecule has 0 aliphatic carbocycles. The molecule has 1 fully saturated rings. The number of carbonyl (C=O) groups excluding carboxylic acids is 1. The van der Waals surface area contributed by atoms with Crippen molar-refractivity contribution < 1.29 is 13.2 Å². The molecule has 0 atom stereocenters. The number of nitrogens with zero attached hydrogens (tertiary/aromatic N) is 2. The fourth-order valence-corrected chi connectivity index (χ4v) is 4.49. The molecular weight excluding hydrogens is 336 g/mol. The fourth-order valence-electron chi connectivity index (χ4n) is 3.03. The third-order valence-corrected chi connectivity index (χ3v) is 6.62. The summed E-state index contributed by atoms with van der Waals surface area (Å²) < 4.78 is 26.3. The van der Waals surface area contributed by atoms with Crippen LogP contribution in [0.1, 0.15) is 45.1 Å². The summed E-state index contributed by atoms with van der Waals surface area (Å²) >= 11 is 0. The van der Waals surface area contributed by atoms with Crippen LogP contribution in [0, 0.1) is 0 Å². The van der Waals surface area contributed by atoms with Gasteiger partial charge in [0.25, 0.3) is 0 Å². The van der Waals surface area contributed by atoms with Crippen molar-refractivity contribution in [1.29, 1.82) is 0 Å². The normalized spacial score (nSPS) is 16.4. The van der Waals surface area contributed by atoms with E-state index in [1.165, 1.54) is 17.1 Å². The molecule has 2 rings (SSSR count). The topological polar surface area (TPSA) is 57.7 Å². The second kappa shape index (κ2) is 9.15. The first kappa shape index (κ1) is 19.7. The Hall–Kier alpha value is -1.66. The van der Waals surface area contributed by atoms with Crippen LogP contribution in [0.4, 0.5) is 0 Å². The molecule has 0 spiro atoms. The van der Waals surface area contributed by atoms with Crippen LogP contribution in [0.3, 0.4) is 0 Å². The van der Waals surface area contributed by atoms with E-state index in [4.69, 9.17) is 0 Å². The first-order valence-electron chi connectivity index (χ1n) is 9.06. The predicted octanol–water partition coefficient (Wildman–Crippen LogP) is 3.13. The Morgan fingerprint density at radius 2 is 1.60 bits per heavy atom. The van der Waals surface area contributed by atoms with Crippen LogP contribution >= 0.6 is 0 Å². The smallest absolute Gasteiger partial charge is 0.246 e. The van der Waals surface area contributed by atoms with Crippen LogP contribution < -0.4 is 0 Å². The van der Waals surface area contributed by atoms with E-state index in [0.717, 1.165) is 31.5 Å². The number of rotatable bonds is 6. The van der Waals surface area contributed by atoms with Gasteiger partial charge in [0.2, 0.25) is 15.9 Å². The summed E-state index contributed by atoms with van der Waals surface area (Å²) in [6.45, 7) is 6.20. The van der Waals surface area contributed by atoms with Gasteiger partial charge in [-0.1, -0.05) is 38.8 Å². The van der Waals surface area contributed by atoms with Crippen LogP contribution in [0.2, 0.25) is 0 Å². The number of benzene rings is 1. The maximum atomic E-state index is 12.5. The van der Waals surface area contributed by atoms with Crippen molar-refractivity contribution >= 4 is 22.0 Å². The van der Waals surface area contributed by atoms with E-state index in [-0.39, 0.29) is 10.8 Å². The largest absolute Gasteiger partial charge is 0.339 e. The van der Waals surface area contributed by atoms with Crippen molar-refractivity contribution in [3.8, 4) is 0 Å². The zero-order valence-corrected chi connectivity index (χ0v) is 16.0. The maximum Gasteiger partial charge on any atom is 0.246 e. The summed E-state index contributed by atoms with van der Waals surface area (Å²) in [7, 11) is -3.44. The Bertz CT molecular complexity index is 684. The van der Waals surface area contributed by atoms with Crippen molar-refractivity contribution in [2.75, 3.05) is 26.2 Å². The first-order chi connectivity index (χ1) is 12.0. The molecule has 1 heterocycles. The Kier molecular flexibility index (Phi) is 7.20. The van der Waals surface area contributed by atoms with E-state index in [9.17, 15) is 13.2 Å². The van der Waals surface area contributed by atoms with Gasteiger partial charge in [0.1, 0.15) is 0 Å². The lowest BCUT2D eigenvalue weighted by Crippen LogP contribution is -2.30. The van der Waals surface area contributed by atoms with Crippen molar-refractivity contribution in [1.82, 2.24) is 9.21 Å². The molecule has 0 bridgehead atoms.